The van der Waals surface area contributed by atoms with Crippen LogP contribution < -0.4 is 10.5 Å². The maximum absolute atomic E-state index is 14.7. The van der Waals surface area contributed by atoms with Crippen LogP contribution in [0.5, 0.6) is 0 Å². The summed E-state index contributed by atoms with van der Waals surface area (Å²) >= 11 is 13.1. The van der Waals surface area contributed by atoms with Gasteiger partial charge in [0.2, 0.25) is 10.0 Å². The van der Waals surface area contributed by atoms with Gasteiger partial charge in [0.05, 0.1) is 46.0 Å². The molecule has 228 valence electrons. The lowest BCUT2D eigenvalue weighted by atomic mass is 9.90. The molecule has 1 fully saturated rings. The molecule has 0 radical (unpaired) electrons. The Balaban J connectivity index is 1.41. The molecule has 1 aromatic heterocycles. The Morgan fingerprint density at radius 3 is 2.60 bits per heavy atom. The highest BCUT2D eigenvalue weighted by Gasteiger charge is 2.47. The Morgan fingerprint density at radius 2 is 1.98 bits per heavy atom. The zero-order valence-corrected chi connectivity index (χ0v) is 26.2. The zero-order chi connectivity index (χ0) is 31.1. The number of aliphatic imine (C=N–C) groups is 1. The molecule has 10 nitrogen and oxygen atoms in total. The summed E-state index contributed by atoms with van der Waals surface area (Å²) in [6.45, 7) is 2.10. The molecule has 1 atom stereocenters. The number of carbonyl (C=O) groups excluding carboxylic acids is 1. The van der Waals surface area contributed by atoms with Crippen molar-refractivity contribution in [1.29, 1.82) is 0 Å². The molecule has 0 bridgehead atoms. The van der Waals surface area contributed by atoms with Crippen LogP contribution in [0.2, 0.25) is 10.0 Å². The number of amides is 1. The molecule has 1 saturated carbocycles. The molecule has 1 aliphatic heterocycles. The number of hydrogen-bond donors (Lipinski definition) is 3. The van der Waals surface area contributed by atoms with E-state index in [0.29, 0.717) is 71.9 Å². The molecule has 2 aromatic carbocycles. The highest BCUT2D eigenvalue weighted by Crippen LogP contribution is 2.47. The summed E-state index contributed by atoms with van der Waals surface area (Å²) in [4.78, 5) is 19.8. The van der Waals surface area contributed by atoms with Crippen LogP contribution in [0.3, 0.4) is 0 Å². The van der Waals surface area contributed by atoms with Gasteiger partial charge in [-0.05, 0) is 80.5 Å². The fourth-order valence-corrected chi connectivity index (χ4v) is 7.19. The largest absolute Gasteiger partial charge is 0.400 e. The van der Waals surface area contributed by atoms with Gasteiger partial charge in [-0.1, -0.05) is 23.2 Å². The number of nitrogens with one attached hydrogen (secondary N) is 2. The number of hydrogen-bond acceptors (Lipinski definition) is 7. The van der Waals surface area contributed by atoms with Crippen LogP contribution in [0.4, 0.5) is 4.39 Å². The van der Waals surface area contributed by atoms with E-state index in [1.165, 1.54) is 6.07 Å². The number of sulfonamides is 1. The van der Waals surface area contributed by atoms with Crippen LogP contribution in [-0.4, -0.2) is 66.2 Å². The van der Waals surface area contributed by atoms with E-state index in [4.69, 9.17) is 28.9 Å². The van der Waals surface area contributed by atoms with Crippen molar-refractivity contribution < 1.29 is 17.6 Å². The van der Waals surface area contributed by atoms with Gasteiger partial charge in [0.1, 0.15) is 5.82 Å². The number of halogens is 3. The summed E-state index contributed by atoms with van der Waals surface area (Å²) in [5.74, 6) is -0.989. The smallest absolute Gasteiger partial charge is 0.256 e. The van der Waals surface area contributed by atoms with Crippen LogP contribution in [0.1, 0.15) is 58.9 Å². The Hall–Kier alpha value is -3.32. The normalized spacial score (nSPS) is 18.7. The molecule has 2 heterocycles. The third kappa shape index (κ3) is 6.62. The number of H-pyrrole nitrogens is 1. The molecular weight excluding hydrogens is 616 g/mol. The Morgan fingerprint density at radius 1 is 1.23 bits per heavy atom. The highest BCUT2D eigenvalue weighted by molar-refractivity contribution is 7.88. The van der Waals surface area contributed by atoms with Gasteiger partial charge in [-0.15, -0.1) is 0 Å². The van der Waals surface area contributed by atoms with Gasteiger partial charge in [0, 0.05) is 35.4 Å². The van der Waals surface area contributed by atoms with Gasteiger partial charge in [-0.3, -0.25) is 9.79 Å². The fraction of sp³-hybridized carbons (Fsp3) is 0.379. The fourth-order valence-electron chi connectivity index (χ4n) is 5.64. The molecule has 4 N–H and O–H groups in total. The molecule has 0 saturated heterocycles. The Kier molecular flexibility index (Phi) is 8.68. The second-order valence-corrected chi connectivity index (χ2v) is 13.6. The van der Waals surface area contributed by atoms with E-state index in [-0.39, 0.29) is 10.6 Å². The third-order valence-corrected chi connectivity index (χ3v) is 9.38. The molecule has 0 spiro atoms. The lowest BCUT2D eigenvalue weighted by Gasteiger charge is -2.36. The second kappa shape index (κ2) is 12.0. The predicted octanol–water partition coefficient (Wildman–Crippen LogP) is 4.14. The van der Waals surface area contributed by atoms with Gasteiger partial charge in [0.15, 0.2) is 0 Å². The van der Waals surface area contributed by atoms with Crippen molar-refractivity contribution in [3.63, 3.8) is 0 Å². The minimum atomic E-state index is -3.44. The lowest BCUT2D eigenvalue weighted by molar-refractivity contribution is 0.0706. The van der Waals surface area contributed by atoms with E-state index in [0.717, 1.165) is 23.5 Å². The van der Waals surface area contributed by atoms with Crippen molar-refractivity contribution in [2.24, 2.45) is 10.7 Å². The van der Waals surface area contributed by atoms with E-state index in [2.05, 4.69) is 25.1 Å². The summed E-state index contributed by atoms with van der Waals surface area (Å²) in [5, 5.41) is 11.0. The van der Waals surface area contributed by atoms with E-state index in [1.54, 1.807) is 37.2 Å². The third-order valence-electron chi connectivity index (χ3n) is 7.95. The SMILES string of the molecule is CN=C(C1=C(N)C(C)N(C(=O)c2cc(F)cc(CCc3cn[nH]n3)c2Cl)CC1)c1cc(Cl)cc(C2(NS(C)(=O)=O)CC2)c1. The number of nitrogens with zero attached hydrogens (tertiary/aromatic N) is 4. The quantitative estimate of drug-likeness (QED) is 0.298. The summed E-state index contributed by atoms with van der Waals surface area (Å²) in [6, 6.07) is 7.34. The van der Waals surface area contributed by atoms with Crippen molar-refractivity contribution in [3.8, 4) is 0 Å². The summed E-state index contributed by atoms with van der Waals surface area (Å²) in [7, 11) is -1.80. The molecule has 43 heavy (non-hydrogen) atoms. The highest BCUT2D eigenvalue weighted by atomic mass is 35.5. The first-order chi connectivity index (χ1) is 20.3. The molecule has 1 amide bonds. The number of aromatic amines is 1. The summed E-state index contributed by atoms with van der Waals surface area (Å²) < 4.78 is 41.4. The van der Waals surface area contributed by atoms with E-state index < -0.39 is 33.3 Å². The van der Waals surface area contributed by atoms with Crippen molar-refractivity contribution in [2.75, 3.05) is 19.8 Å². The minimum absolute atomic E-state index is 0.0666. The van der Waals surface area contributed by atoms with Crippen molar-refractivity contribution in [3.05, 3.63) is 91.6 Å². The van der Waals surface area contributed by atoms with Crippen LogP contribution in [0.15, 0.2) is 52.8 Å². The molecule has 1 aliphatic carbocycles. The number of carbonyl (C=O) groups is 1. The first-order valence-electron chi connectivity index (χ1n) is 13.7. The number of aryl methyl sites for hydroxylation is 2. The predicted molar refractivity (Wildman–Crippen MR) is 164 cm³/mol. The van der Waals surface area contributed by atoms with Gasteiger partial charge in [-0.2, -0.15) is 15.4 Å². The van der Waals surface area contributed by atoms with Crippen molar-refractivity contribution in [1.82, 2.24) is 25.0 Å². The Labute approximate surface area is 259 Å². The van der Waals surface area contributed by atoms with Crippen LogP contribution in [0.25, 0.3) is 0 Å². The standard InChI is InChI=1S/C29H32Cl2FN7O3S/c1-16-26(33)23(27(34-2)18-10-19(13-20(30)11-18)29(7-8-29)37-43(3,41)42)6-9-39(16)28(40)24-14-21(32)12-17(25(24)31)4-5-22-15-35-38-36-22/h10-16,37H,4-9,33H2,1-3H3,(H,35,36,38). The molecule has 2 aliphatic rings. The van der Waals surface area contributed by atoms with Crippen LogP contribution >= 0.6 is 23.2 Å². The van der Waals surface area contributed by atoms with Gasteiger partial charge in [-0.25, -0.2) is 17.5 Å². The number of rotatable bonds is 9. The number of nitrogens with two attached hydrogens (primary N) is 1. The van der Waals surface area contributed by atoms with Crippen molar-refractivity contribution >= 4 is 44.8 Å². The molecular formula is C29H32Cl2FN7O3S. The molecule has 5 rings (SSSR count). The second-order valence-electron chi connectivity index (χ2n) is 11.0. The van der Waals surface area contributed by atoms with Crippen molar-refractivity contribution in [2.45, 2.75) is 50.6 Å². The van der Waals surface area contributed by atoms with Gasteiger partial charge >= 0.3 is 0 Å². The average Bonchev–Trinajstić information content (AvgIpc) is 3.51. The minimum Gasteiger partial charge on any atom is -0.400 e. The van der Waals surface area contributed by atoms with E-state index >= 15 is 0 Å². The topological polar surface area (TPSA) is 146 Å². The first-order valence-corrected chi connectivity index (χ1v) is 16.4. The summed E-state index contributed by atoms with van der Waals surface area (Å²) in [6.07, 6.45) is 5.26. The lowest BCUT2D eigenvalue weighted by Crippen LogP contribution is -2.46. The average molecular weight is 649 g/mol. The zero-order valence-electron chi connectivity index (χ0n) is 23.9. The number of aromatic nitrogens is 3. The first kappa shape index (κ1) is 31.1. The monoisotopic (exact) mass is 647 g/mol. The van der Waals surface area contributed by atoms with Gasteiger partial charge < -0.3 is 10.6 Å². The van der Waals surface area contributed by atoms with Gasteiger partial charge in [0.25, 0.3) is 5.91 Å². The Bertz CT molecular complexity index is 1740. The van der Waals surface area contributed by atoms with E-state index in [9.17, 15) is 17.6 Å². The molecule has 3 aromatic rings. The maximum Gasteiger partial charge on any atom is 0.256 e. The number of benzene rings is 2. The molecule has 14 heteroatoms. The van der Waals surface area contributed by atoms with Crippen LogP contribution in [-0.2, 0) is 28.4 Å². The van der Waals surface area contributed by atoms with Crippen LogP contribution in [0, 0.1) is 5.82 Å². The summed E-state index contributed by atoms with van der Waals surface area (Å²) in [5.41, 5.74) is 10.5. The van der Waals surface area contributed by atoms with E-state index in [1.807, 2.05) is 6.07 Å². The molecule has 1 unspecified atom stereocenters. The maximum atomic E-state index is 14.7.